The average Bonchev–Trinajstić information content (AvgIpc) is 2.93. The van der Waals surface area contributed by atoms with Gasteiger partial charge in [-0.2, -0.15) is 5.26 Å². The lowest BCUT2D eigenvalue weighted by Crippen LogP contribution is -1.99. The number of para-hydroxylation sites is 2. The summed E-state index contributed by atoms with van der Waals surface area (Å²) in [5, 5.41) is 30.6. The quantitative estimate of drug-likeness (QED) is 0.344. The highest BCUT2D eigenvalue weighted by Gasteiger charge is 2.18. The van der Waals surface area contributed by atoms with Crippen molar-refractivity contribution in [2.45, 2.75) is 0 Å². The smallest absolute Gasteiger partial charge is 0.269 e. The number of hydrogen-bond donors (Lipinski definition) is 1. The minimum Gasteiger partial charge on any atom is -0.506 e. The maximum Gasteiger partial charge on any atom is 0.269 e. The summed E-state index contributed by atoms with van der Waals surface area (Å²) in [5.74, 6) is 0.0559. The molecule has 0 aliphatic heterocycles. The molecule has 118 valence electrons. The molecule has 0 spiro atoms. The van der Waals surface area contributed by atoms with E-state index in [1.54, 1.807) is 11.6 Å². The molecule has 0 amide bonds. The fourth-order valence-corrected chi connectivity index (χ4v) is 2.46. The van der Waals surface area contributed by atoms with Crippen LogP contribution in [0.4, 0.5) is 5.69 Å². The number of hydrogen-bond acceptors (Lipinski definition) is 5. The molecule has 3 aromatic rings. The second-order valence-corrected chi connectivity index (χ2v) is 5.12. The van der Waals surface area contributed by atoms with Gasteiger partial charge in [0.25, 0.3) is 5.69 Å². The van der Waals surface area contributed by atoms with Gasteiger partial charge in [0.2, 0.25) is 0 Å². The summed E-state index contributed by atoms with van der Waals surface area (Å²) in [6.45, 7) is 0. The molecule has 0 radical (unpaired) electrons. The van der Waals surface area contributed by atoms with Gasteiger partial charge in [-0.1, -0.05) is 12.1 Å². The van der Waals surface area contributed by atoms with E-state index in [1.807, 2.05) is 30.3 Å². The molecule has 0 unspecified atom stereocenters. The maximum absolute atomic E-state index is 10.7. The first kappa shape index (κ1) is 15.2. The van der Waals surface area contributed by atoms with E-state index in [-0.39, 0.29) is 17.0 Å². The number of nitro benzene ring substituents is 1. The van der Waals surface area contributed by atoms with Crippen LogP contribution in [0.2, 0.25) is 0 Å². The maximum atomic E-state index is 10.7. The van der Waals surface area contributed by atoms with Crippen molar-refractivity contribution in [2.24, 2.45) is 7.05 Å². The molecule has 7 nitrogen and oxygen atoms in total. The van der Waals surface area contributed by atoms with Gasteiger partial charge in [0.05, 0.1) is 16.0 Å². The van der Waals surface area contributed by atoms with Crippen molar-refractivity contribution in [3.63, 3.8) is 0 Å². The Labute approximate surface area is 136 Å². The summed E-state index contributed by atoms with van der Waals surface area (Å²) >= 11 is 0. The van der Waals surface area contributed by atoms with E-state index in [0.717, 1.165) is 5.52 Å². The van der Waals surface area contributed by atoms with Crippen LogP contribution in [-0.4, -0.2) is 19.6 Å². The molecule has 0 saturated heterocycles. The Bertz CT molecular complexity index is 1010. The van der Waals surface area contributed by atoms with Crippen molar-refractivity contribution in [3.8, 4) is 6.07 Å². The first-order valence-corrected chi connectivity index (χ1v) is 7.03. The number of nitro groups is 1. The van der Waals surface area contributed by atoms with E-state index in [2.05, 4.69) is 4.98 Å². The topological polar surface area (TPSA) is 105 Å². The lowest BCUT2D eigenvalue weighted by molar-refractivity contribution is -0.384. The largest absolute Gasteiger partial charge is 0.506 e. The fraction of sp³-hybridized carbons (Fsp3) is 0.0588. The number of aliphatic hydroxyl groups excluding tert-OH is 1. The zero-order valence-corrected chi connectivity index (χ0v) is 12.7. The van der Waals surface area contributed by atoms with Crippen molar-refractivity contribution in [2.75, 3.05) is 0 Å². The first-order chi connectivity index (χ1) is 11.5. The van der Waals surface area contributed by atoms with Crippen molar-refractivity contribution in [1.82, 2.24) is 9.55 Å². The molecule has 0 atom stereocenters. The van der Waals surface area contributed by atoms with Gasteiger partial charge >= 0.3 is 0 Å². The summed E-state index contributed by atoms with van der Waals surface area (Å²) in [4.78, 5) is 14.6. The molecule has 24 heavy (non-hydrogen) atoms. The predicted octanol–water partition coefficient (Wildman–Crippen LogP) is 3.43. The molecule has 0 saturated carbocycles. The second-order valence-electron chi connectivity index (χ2n) is 5.12. The number of allylic oxidation sites excluding steroid dienone is 1. The van der Waals surface area contributed by atoms with E-state index in [1.165, 1.54) is 24.3 Å². The van der Waals surface area contributed by atoms with Crippen LogP contribution in [0.25, 0.3) is 22.4 Å². The molecule has 0 aliphatic rings. The van der Waals surface area contributed by atoms with Gasteiger partial charge < -0.3 is 9.67 Å². The Morgan fingerprint density at radius 1 is 1.25 bits per heavy atom. The Kier molecular flexibility index (Phi) is 3.72. The van der Waals surface area contributed by atoms with Gasteiger partial charge in [0.15, 0.2) is 5.82 Å². The highest BCUT2D eigenvalue weighted by atomic mass is 16.6. The van der Waals surface area contributed by atoms with Crippen LogP contribution in [0.1, 0.15) is 11.4 Å². The van der Waals surface area contributed by atoms with Crippen LogP contribution in [-0.2, 0) is 7.05 Å². The van der Waals surface area contributed by atoms with E-state index < -0.39 is 4.92 Å². The van der Waals surface area contributed by atoms with Crippen molar-refractivity contribution in [1.29, 1.82) is 5.26 Å². The molecule has 3 rings (SSSR count). The third kappa shape index (κ3) is 2.46. The van der Waals surface area contributed by atoms with Crippen LogP contribution in [0.5, 0.6) is 0 Å². The van der Waals surface area contributed by atoms with E-state index in [9.17, 15) is 20.5 Å². The summed E-state index contributed by atoms with van der Waals surface area (Å²) in [5.41, 5.74) is 1.76. The average molecular weight is 320 g/mol. The highest BCUT2D eigenvalue weighted by Crippen LogP contribution is 2.27. The minimum absolute atomic E-state index is 0.00236. The zero-order chi connectivity index (χ0) is 17.3. The molecule has 1 aromatic heterocycles. The fourth-order valence-electron chi connectivity index (χ4n) is 2.46. The SMILES string of the molecule is Cn1c(C(C#N)=C(O)c2ccc([N+](=O)[O-])cc2)nc2ccccc21. The summed E-state index contributed by atoms with van der Waals surface area (Å²) in [6, 6.07) is 14.7. The number of aromatic nitrogens is 2. The van der Waals surface area contributed by atoms with Gasteiger partial charge in [0.1, 0.15) is 17.4 Å². The summed E-state index contributed by atoms with van der Waals surface area (Å²) in [7, 11) is 1.76. The molecule has 1 heterocycles. The third-order valence-electron chi connectivity index (χ3n) is 3.71. The number of fused-ring (bicyclic) bond motifs is 1. The van der Waals surface area contributed by atoms with Crippen molar-refractivity contribution in [3.05, 3.63) is 70.0 Å². The molecule has 1 N–H and O–H groups in total. The monoisotopic (exact) mass is 320 g/mol. The molecule has 0 aliphatic carbocycles. The minimum atomic E-state index is -0.527. The predicted molar refractivity (Wildman–Crippen MR) is 88.9 cm³/mol. The zero-order valence-electron chi connectivity index (χ0n) is 12.7. The second kappa shape index (κ2) is 5.85. The summed E-state index contributed by atoms with van der Waals surface area (Å²) in [6.07, 6.45) is 0. The van der Waals surface area contributed by atoms with Crippen LogP contribution < -0.4 is 0 Å². The third-order valence-corrected chi connectivity index (χ3v) is 3.71. The molecular weight excluding hydrogens is 308 g/mol. The van der Waals surface area contributed by atoms with Crippen molar-refractivity contribution < 1.29 is 10.0 Å². The molecule has 2 aromatic carbocycles. The van der Waals surface area contributed by atoms with Gasteiger partial charge in [0, 0.05) is 24.7 Å². The lowest BCUT2D eigenvalue weighted by Gasteiger charge is -2.05. The van der Waals surface area contributed by atoms with Crippen molar-refractivity contribution >= 4 is 28.1 Å². The van der Waals surface area contributed by atoms with E-state index in [0.29, 0.717) is 16.9 Å². The number of non-ortho nitro benzene ring substituents is 1. The van der Waals surface area contributed by atoms with E-state index >= 15 is 0 Å². The van der Waals surface area contributed by atoms with Crippen LogP contribution >= 0.6 is 0 Å². The normalized spacial score (nSPS) is 11.8. The molecular formula is C17H12N4O3. The number of imidazole rings is 1. The molecule has 0 fully saturated rings. The first-order valence-electron chi connectivity index (χ1n) is 7.03. The lowest BCUT2D eigenvalue weighted by atomic mass is 10.1. The molecule has 7 heteroatoms. The number of benzene rings is 2. The Balaban J connectivity index is 2.15. The Morgan fingerprint density at radius 2 is 1.92 bits per heavy atom. The van der Waals surface area contributed by atoms with Gasteiger partial charge in [-0.25, -0.2) is 4.98 Å². The highest BCUT2D eigenvalue weighted by molar-refractivity contribution is 5.94. The van der Waals surface area contributed by atoms with Gasteiger partial charge in [-0.05, 0) is 24.3 Å². The number of aryl methyl sites for hydroxylation is 1. The van der Waals surface area contributed by atoms with Crippen LogP contribution in [0.15, 0.2) is 48.5 Å². The summed E-state index contributed by atoms with van der Waals surface area (Å²) < 4.78 is 1.72. The molecule has 0 bridgehead atoms. The Morgan fingerprint density at radius 3 is 2.50 bits per heavy atom. The number of nitrogens with zero attached hydrogens (tertiary/aromatic N) is 4. The van der Waals surface area contributed by atoms with Crippen LogP contribution in [0, 0.1) is 21.4 Å². The number of rotatable bonds is 3. The van der Waals surface area contributed by atoms with Gasteiger partial charge in [-0.3, -0.25) is 10.1 Å². The number of nitriles is 1. The van der Waals surface area contributed by atoms with Gasteiger partial charge in [-0.15, -0.1) is 0 Å². The Hall–Kier alpha value is -3.66. The van der Waals surface area contributed by atoms with Crippen LogP contribution in [0.3, 0.4) is 0 Å². The van der Waals surface area contributed by atoms with E-state index in [4.69, 9.17) is 0 Å². The standard InChI is InChI=1S/C17H12N4O3/c1-20-15-5-3-2-4-14(15)19-17(20)13(10-18)16(22)11-6-8-12(9-7-11)21(23)24/h2-9,22H,1H3. The number of aliphatic hydroxyl groups is 1.